The molecule has 0 spiro atoms. The Bertz CT molecular complexity index is 1180. The van der Waals surface area contributed by atoms with Crippen LogP contribution in [0.1, 0.15) is 30.0 Å². The van der Waals surface area contributed by atoms with Crippen molar-refractivity contribution in [2.45, 2.75) is 24.8 Å². The average molecular weight is 441 g/mol. The smallest absolute Gasteiger partial charge is 0.319 e. The summed E-state index contributed by atoms with van der Waals surface area (Å²) in [5.74, 6) is 1.06. The van der Waals surface area contributed by atoms with Gasteiger partial charge in [-0.1, -0.05) is 36.4 Å². The number of fused-ring (bicyclic) bond motifs is 3. The number of nitrogens with zero attached hydrogens (tertiary/aromatic N) is 4. The predicted octanol–water partition coefficient (Wildman–Crippen LogP) is 3.96. The standard InChI is InChI=1S/C26H28N6O/c1-31-25(14-24(30-31)19-7-3-2-4-8-19)23-17-32-11-10-20(23)13-22(32)16-28-26(33)29-21-9-5-6-18(12-21)15-27/h2-9,12,14,20,22-23H,10-11,13,16-17H2,1H3,(H2,28,29,33). The molecular weight excluding hydrogens is 412 g/mol. The number of aromatic nitrogens is 2. The zero-order valence-corrected chi connectivity index (χ0v) is 18.7. The van der Waals surface area contributed by atoms with Crippen molar-refractivity contribution in [3.8, 4) is 17.3 Å². The number of aryl methyl sites for hydroxylation is 1. The second-order valence-corrected chi connectivity index (χ2v) is 9.01. The molecular formula is C26H28N6O. The molecule has 2 amide bonds. The van der Waals surface area contributed by atoms with E-state index < -0.39 is 0 Å². The number of hydrogen-bond acceptors (Lipinski definition) is 4. The van der Waals surface area contributed by atoms with Crippen molar-refractivity contribution < 1.29 is 4.79 Å². The van der Waals surface area contributed by atoms with E-state index in [1.807, 2.05) is 29.9 Å². The first-order valence-corrected chi connectivity index (χ1v) is 11.5. The molecule has 1 aromatic heterocycles. The summed E-state index contributed by atoms with van der Waals surface area (Å²) in [7, 11) is 2.05. The lowest BCUT2D eigenvalue weighted by Crippen LogP contribution is -2.56. The Kier molecular flexibility index (Phi) is 5.84. The topological polar surface area (TPSA) is 86.0 Å². The Labute approximate surface area is 194 Å². The summed E-state index contributed by atoms with van der Waals surface area (Å²) >= 11 is 0. The monoisotopic (exact) mass is 440 g/mol. The summed E-state index contributed by atoms with van der Waals surface area (Å²) in [4.78, 5) is 14.9. The average Bonchev–Trinajstić information content (AvgIpc) is 3.25. The van der Waals surface area contributed by atoms with E-state index in [0.29, 0.717) is 35.7 Å². The van der Waals surface area contributed by atoms with Crippen LogP contribution in [0.15, 0.2) is 60.7 Å². The molecule has 3 aliphatic heterocycles. The van der Waals surface area contributed by atoms with Crippen molar-refractivity contribution >= 4 is 11.7 Å². The molecule has 2 N–H and O–H groups in total. The number of rotatable bonds is 5. The number of carbonyl (C=O) groups is 1. The SMILES string of the molecule is Cn1nc(-c2ccccc2)cc1C1CN2CCC1CC2CNC(=O)Nc1cccc(C#N)c1. The summed E-state index contributed by atoms with van der Waals surface area (Å²) in [6.07, 6.45) is 2.25. The Balaban J connectivity index is 1.20. The third-order valence-corrected chi connectivity index (χ3v) is 6.99. The normalized spacial score (nSPS) is 23.6. The van der Waals surface area contributed by atoms with E-state index in [4.69, 9.17) is 10.4 Å². The third-order valence-electron chi connectivity index (χ3n) is 6.99. The molecule has 168 valence electrons. The van der Waals surface area contributed by atoms with Gasteiger partial charge in [-0.15, -0.1) is 0 Å². The van der Waals surface area contributed by atoms with E-state index in [-0.39, 0.29) is 6.03 Å². The van der Waals surface area contributed by atoms with Crippen LogP contribution >= 0.6 is 0 Å². The van der Waals surface area contributed by atoms with Crippen LogP contribution in [0.4, 0.5) is 10.5 Å². The highest BCUT2D eigenvalue weighted by atomic mass is 16.2. The maximum absolute atomic E-state index is 12.4. The van der Waals surface area contributed by atoms with Gasteiger partial charge in [-0.05, 0) is 49.6 Å². The molecule has 0 saturated carbocycles. The lowest BCUT2D eigenvalue weighted by atomic mass is 9.74. The highest BCUT2D eigenvalue weighted by Gasteiger charge is 2.41. The van der Waals surface area contributed by atoms with Gasteiger partial charge >= 0.3 is 6.03 Å². The summed E-state index contributed by atoms with van der Waals surface area (Å²) < 4.78 is 2.05. The number of urea groups is 1. The van der Waals surface area contributed by atoms with Gasteiger partial charge in [-0.25, -0.2) is 4.79 Å². The molecule has 4 heterocycles. The minimum Gasteiger partial charge on any atom is -0.336 e. The van der Waals surface area contributed by atoms with Gasteiger partial charge in [0, 0.05) is 49.0 Å². The Hall–Kier alpha value is -3.63. The molecule has 4 atom stereocenters. The second-order valence-electron chi connectivity index (χ2n) is 9.01. The fourth-order valence-electron chi connectivity index (χ4n) is 5.32. The molecule has 4 unspecified atom stereocenters. The van der Waals surface area contributed by atoms with Gasteiger partial charge in [0.05, 0.1) is 17.3 Å². The molecule has 3 aliphatic rings. The number of carbonyl (C=O) groups excluding carboxylic acids is 1. The molecule has 3 saturated heterocycles. The van der Waals surface area contributed by atoms with Crippen LogP contribution in [0.3, 0.4) is 0 Å². The zero-order chi connectivity index (χ0) is 22.8. The van der Waals surface area contributed by atoms with Crippen molar-refractivity contribution in [3.63, 3.8) is 0 Å². The Morgan fingerprint density at radius 2 is 2.03 bits per heavy atom. The van der Waals surface area contributed by atoms with Gasteiger partial charge < -0.3 is 10.6 Å². The number of nitriles is 1. The van der Waals surface area contributed by atoms with Crippen LogP contribution < -0.4 is 10.6 Å². The number of piperidine rings is 3. The number of benzene rings is 2. The van der Waals surface area contributed by atoms with Crippen molar-refractivity contribution in [3.05, 3.63) is 71.9 Å². The van der Waals surface area contributed by atoms with E-state index in [0.717, 1.165) is 30.8 Å². The molecule has 6 rings (SSSR count). The van der Waals surface area contributed by atoms with Crippen LogP contribution in [-0.2, 0) is 7.05 Å². The van der Waals surface area contributed by atoms with E-state index in [1.165, 1.54) is 12.1 Å². The lowest BCUT2D eigenvalue weighted by molar-refractivity contribution is 0.0296. The lowest BCUT2D eigenvalue weighted by Gasteiger charge is -2.49. The molecule has 33 heavy (non-hydrogen) atoms. The molecule has 3 aromatic rings. The van der Waals surface area contributed by atoms with Gasteiger partial charge in [0.1, 0.15) is 0 Å². The van der Waals surface area contributed by atoms with Crippen LogP contribution in [-0.4, -0.2) is 46.4 Å². The van der Waals surface area contributed by atoms with Crippen LogP contribution in [0, 0.1) is 17.2 Å². The zero-order valence-electron chi connectivity index (χ0n) is 18.7. The van der Waals surface area contributed by atoms with Crippen molar-refractivity contribution in [1.29, 1.82) is 5.26 Å². The fraction of sp³-hybridized carbons (Fsp3) is 0.346. The van der Waals surface area contributed by atoms with Gasteiger partial charge in [-0.3, -0.25) is 9.58 Å². The number of hydrogen-bond donors (Lipinski definition) is 2. The van der Waals surface area contributed by atoms with Gasteiger partial charge in [0.25, 0.3) is 0 Å². The van der Waals surface area contributed by atoms with E-state index >= 15 is 0 Å². The number of amides is 2. The van der Waals surface area contributed by atoms with E-state index in [9.17, 15) is 4.79 Å². The van der Waals surface area contributed by atoms with E-state index in [1.54, 1.807) is 24.3 Å². The first-order chi connectivity index (χ1) is 16.1. The van der Waals surface area contributed by atoms with Gasteiger partial charge in [-0.2, -0.15) is 10.4 Å². The number of anilines is 1. The summed E-state index contributed by atoms with van der Waals surface area (Å²) in [6, 6.07) is 21.7. The maximum atomic E-state index is 12.4. The Morgan fingerprint density at radius 3 is 2.79 bits per heavy atom. The molecule has 3 fully saturated rings. The van der Waals surface area contributed by atoms with Crippen LogP contribution in [0.2, 0.25) is 0 Å². The van der Waals surface area contributed by atoms with Gasteiger partial charge in [0.15, 0.2) is 0 Å². The molecule has 2 bridgehead atoms. The minimum atomic E-state index is -0.233. The van der Waals surface area contributed by atoms with Gasteiger partial charge in [0.2, 0.25) is 0 Å². The van der Waals surface area contributed by atoms with Crippen molar-refractivity contribution in [2.75, 3.05) is 25.0 Å². The third kappa shape index (κ3) is 4.48. The minimum absolute atomic E-state index is 0.233. The quantitative estimate of drug-likeness (QED) is 0.629. The maximum Gasteiger partial charge on any atom is 0.319 e. The molecule has 7 heteroatoms. The second kappa shape index (κ2) is 9.08. The van der Waals surface area contributed by atoms with Crippen molar-refractivity contribution in [2.24, 2.45) is 13.0 Å². The van der Waals surface area contributed by atoms with E-state index in [2.05, 4.69) is 39.8 Å². The molecule has 7 nitrogen and oxygen atoms in total. The highest BCUT2D eigenvalue weighted by Crippen LogP contribution is 2.42. The largest absolute Gasteiger partial charge is 0.336 e. The molecule has 0 radical (unpaired) electrons. The summed E-state index contributed by atoms with van der Waals surface area (Å²) in [5.41, 5.74) is 4.63. The Morgan fingerprint density at radius 1 is 1.18 bits per heavy atom. The van der Waals surface area contributed by atoms with Crippen LogP contribution in [0.25, 0.3) is 11.3 Å². The first-order valence-electron chi connectivity index (χ1n) is 11.5. The summed E-state index contributed by atoms with van der Waals surface area (Å²) in [5, 5.41) is 19.7. The summed E-state index contributed by atoms with van der Waals surface area (Å²) in [6.45, 7) is 2.69. The first kappa shape index (κ1) is 21.2. The number of nitrogens with one attached hydrogen (secondary N) is 2. The van der Waals surface area contributed by atoms with Crippen LogP contribution in [0.5, 0.6) is 0 Å². The predicted molar refractivity (Wildman–Crippen MR) is 128 cm³/mol. The highest BCUT2D eigenvalue weighted by molar-refractivity contribution is 5.89. The fourth-order valence-corrected chi connectivity index (χ4v) is 5.32. The molecule has 2 aromatic carbocycles. The van der Waals surface area contributed by atoms with Crippen molar-refractivity contribution in [1.82, 2.24) is 20.0 Å². The molecule has 0 aliphatic carbocycles.